The van der Waals surface area contributed by atoms with E-state index in [2.05, 4.69) is 15.4 Å². The summed E-state index contributed by atoms with van der Waals surface area (Å²) in [6.07, 6.45) is 1.52. The number of pyridine rings is 1. The Morgan fingerprint density at radius 3 is 2.50 bits per heavy atom. The first kappa shape index (κ1) is 12.8. The van der Waals surface area contributed by atoms with Crippen LogP contribution in [-0.2, 0) is 0 Å². The average molecular weight is 248 g/mol. The number of hydrogen-bond donors (Lipinski definition) is 2. The second-order valence-corrected chi connectivity index (χ2v) is 5.76. The predicted octanol–water partition coefficient (Wildman–Crippen LogP) is 2.00. The fourth-order valence-electron chi connectivity index (χ4n) is 1.62. The van der Waals surface area contributed by atoms with Crippen molar-refractivity contribution in [1.29, 1.82) is 0 Å². The average Bonchev–Trinajstić information content (AvgIpc) is 2.62. The normalized spacial score (nSPS) is 13.0. The van der Waals surface area contributed by atoms with Crippen molar-refractivity contribution in [3.8, 4) is 0 Å². The fourth-order valence-corrected chi connectivity index (χ4v) is 1.62. The molecule has 0 fully saturated rings. The Bertz CT molecular complexity index is 566. The summed E-state index contributed by atoms with van der Waals surface area (Å²) in [7, 11) is 0. The van der Waals surface area contributed by atoms with Crippen molar-refractivity contribution < 1.29 is 5.11 Å². The van der Waals surface area contributed by atoms with Crippen LogP contribution >= 0.6 is 0 Å². The summed E-state index contributed by atoms with van der Waals surface area (Å²) in [5.41, 5.74) is 0.553. The molecule has 2 N–H and O–H groups in total. The van der Waals surface area contributed by atoms with Gasteiger partial charge in [-0.2, -0.15) is 9.61 Å². The number of aliphatic hydroxyl groups is 1. The molecule has 0 unspecified atom stereocenters. The van der Waals surface area contributed by atoms with Gasteiger partial charge < -0.3 is 10.4 Å². The molecule has 2 aromatic heterocycles. The van der Waals surface area contributed by atoms with Crippen LogP contribution in [0.1, 0.15) is 33.3 Å². The number of nitrogens with one attached hydrogen (secondary N) is 1. The highest BCUT2D eigenvalue weighted by molar-refractivity contribution is 5.52. The minimum atomic E-state index is -0.857. The van der Waals surface area contributed by atoms with Gasteiger partial charge in [0, 0.05) is 0 Å². The molecular weight excluding hydrogens is 228 g/mol. The van der Waals surface area contributed by atoms with Crippen LogP contribution in [0.4, 0.5) is 5.82 Å². The van der Waals surface area contributed by atoms with Gasteiger partial charge in [0.2, 0.25) is 0 Å². The maximum Gasteiger partial charge on any atom is 0.157 e. The van der Waals surface area contributed by atoms with Crippen LogP contribution in [0.15, 0.2) is 18.5 Å². The third kappa shape index (κ3) is 2.18. The lowest BCUT2D eigenvalue weighted by molar-refractivity contribution is 0.0238. The van der Waals surface area contributed by atoms with E-state index >= 15 is 0 Å². The molecule has 0 aliphatic rings. The lowest BCUT2D eigenvalue weighted by Crippen LogP contribution is -2.51. The van der Waals surface area contributed by atoms with Gasteiger partial charge in [-0.3, -0.25) is 0 Å². The summed E-state index contributed by atoms with van der Waals surface area (Å²) >= 11 is 0. The molecule has 2 heterocycles. The van der Waals surface area contributed by atoms with Crippen LogP contribution in [0.3, 0.4) is 0 Å². The second-order valence-electron chi connectivity index (χ2n) is 5.76. The van der Waals surface area contributed by atoms with E-state index < -0.39 is 11.1 Å². The summed E-state index contributed by atoms with van der Waals surface area (Å²) in [4.78, 5) is 4.18. The topological polar surface area (TPSA) is 62.5 Å². The van der Waals surface area contributed by atoms with Crippen molar-refractivity contribution in [3.05, 3.63) is 24.0 Å². The van der Waals surface area contributed by atoms with Crippen LogP contribution in [0, 0.1) is 6.92 Å². The molecule has 0 radical (unpaired) electrons. The SMILES string of the molecule is Cc1cc(NC(C)(C)C(C)(C)O)n2ncnc2c1. The lowest BCUT2D eigenvalue weighted by atomic mass is 9.86. The first-order valence-corrected chi connectivity index (χ1v) is 6.02. The Morgan fingerprint density at radius 1 is 1.22 bits per heavy atom. The number of nitrogens with zero attached hydrogens (tertiary/aromatic N) is 3. The number of hydrogen-bond acceptors (Lipinski definition) is 4. The Labute approximate surface area is 107 Å². The van der Waals surface area contributed by atoms with Gasteiger partial charge in [0.25, 0.3) is 0 Å². The van der Waals surface area contributed by atoms with Crippen molar-refractivity contribution in [2.45, 2.75) is 45.8 Å². The quantitative estimate of drug-likeness (QED) is 0.872. The van der Waals surface area contributed by atoms with E-state index in [1.54, 1.807) is 18.4 Å². The third-order valence-electron chi connectivity index (χ3n) is 3.49. The van der Waals surface area contributed by atoms with Crippen molar-refractivity contribution >= 4 is 11.5 Å². The fraction of sp³-hybridized carbons (Fsp3) is 0.538. The summed E-state index contributed by atoms with van der Waals surface area (Å²) < 4.78 is 1.74. The van der Waals surface area contributed by atoms with Crippen LogP contribution in [0.2, 0.25) is 0 Å². The molecule has 0 bridgehead atoms. The van der Waals surface area contributed by atoms with Crippen molar-refractivity contribution in [3.63, 3.8) is 0 Å². The highest BCUT2D eigenvalue weighted by Gasteiger charge is 2.35. The number of aromatic nitrogens is 3. The predicted molar refractivity (Wildman–Crippen MR) is 71.7 cm³/mol. The smallest absolute Gasteiger partial charge is 0.157 e. The molecule has 5 heteroatoms. The van der Waals surface area contributed by atoms with Crippen LogP contribution in [0.25, 0.3) is 5.65 Å². The van der Waals surface area contributed by atoms with E-state index in [1.165, 1.54) is 6.33 Å². The zero-order chi connectivity index (χ0) is 13.6. The standard InChI is InChI=1S/C13H20N4O/c1-9-6-10-14-8-15-17(10)11(7-9)16-12(2,3)13(4,5)18/h6-8,16,18H,1-5H3. The maximum absolute atomic E-state index is 10.2. The molecule has 0 spiro atoms. The zero-order valence-corrected chi connectivity index (χ0v) is 11.5. The molecule has 2 rings (SSSR count). The van der Waals surface area contributed by atoms with Crippen molar-refractivity contribution in [2.75, 3.05) is 5.32 Å². The Balaban J connectivity index is 2.46. The van der Waals surface area contributed by atoms with Gasteiger partial charge in [-0.15, -0.1) is 0 Å². The van der Waals surface area contributed by atoms with E-state index in [1.807, 2.05) is 32.9 Å². The second kappa shape index (κ2) is 3.95. The zero-order valence-electron chi connectivity index (χ0n) is 11.5. The highest BCUT2D eigenvalue weighted by atomic mass is 16.3. The molecule has 0 aliphatic heterocycles. The molecule has 0 saturated heterocycles. The van der Waals surface area contributed by atoms with Crippen LogP contribution < -0.4 is 5.32 Å². The largest absolute Gasteiger partial charge is 0.388 e. The first-order chi connectivity index (χ1) is 8.21. The lowest BCUT2D eigenvalue weighted by Gasteiger charge is -2.38. The minimum Gasteiger partial charge on any atom is -0.388 e. The Hall–Kier alpha value is -1.62. The third-order valence-corrected chi connectivity index (χ3v) is 3.49. The van der Waals surface area contributed by atoms with Gasteiger partial charge in [-0.1, -0.05) is 0 Å². The van der Waals surface area contributed by atoms with Gasteiger partial charge in [-0.25, -0.2) is 4.98 Å². The maximum atomic E-state index is 10.2. The molecular formula is C13H20N4O. The van der Waals surface area contributed by atoms with E-state index in [0.717, 1.165) is 17.0 Å². The number of aryl methyl sites for hydroxylation is 1. The van der Waals surface area contributed by atoms with Crippen molar-refractivity contribution in [1.82, 2.24) is 14.6 Å². The molecule has 5 nitrogen and oxygen atoms in total. The summed E-state index contributed by atoms with van der Waals surface area (Å²) in [5, 5.41) is 17.7. The number of rotatable bonds is 3. The molecule has 2 aromatic rings. The van der Waals surface area contributed by atoms with Gasteiger partial charge in [0.15, 0.2) is 5.65 Å². The van der Waals surface area contributed by atoms with Gasteiger partial charge in [-0.05, 0) is 52.3 Å². The van der Waals surface area contributed by atoms with E-state index in [9.17, 15) is 5.11 Å². The summed E-state index contributed by atoms with van der Waals surface area (Å²) in [6, 6.07) is 3.96. The van der Waals surface area contributed by atoms with Crippen LogP contribution in [0.5, 0.6) is 0 Å². The molecule has 0 saturated carbocycles. The molecule has 0 atom stereocenters. The Morgan fingerprint density at radius 2 is 1.89 bits per heavy atom. The summed E-state index contributed by atoms with van der Waals surface area (Å²) in [5.74, 6) is 0.828. The van der Waals surface area contributed by atoms with Gasteiger partial charge >= 0.3 is 0 Å². The summed E-state index contributed by atoms with van der Waals surface area (Å²) in [6.45, 7) is 9.50. The van der Waals surface area contributed by atoms with Crippen molar-refractivity contribution in [2.24, 2.45) is 0 Å². The van der Waals surface area contributed by atoms with Gasteiger partial charge in [0.05, 0.1) is 11.1 Å². The molecule has 18 heavy (non-hydrogen) atoms. The first-order valence-electron chi connectivity index (χ1n) is 6.02. The number of anilines is 1. The highest BCUT2D eigenvalue weighted by Crippen LogP contribution is 2.26. The molecule has 0 aliphatic carbocycles. The van der Waals surface area contributed by atoms with Crippen LogP contribution in [-0.4, -0.2) is 30.8 Å². The number of fused-ring (bicyclic) bond motifs is 1. The Kier molecular flexibility index (Phi) is 2.81. The molecule has 0 aromatic carbocycles. The molecule has 98 valence electrons. The van der Waals surface area contributed by atoms with Gasteiger partial charge in [0.1, 0.15) is 12.1 Å². The van der Waals surface area contributed by atoms with E-state index in [-0.39, 0.29) is 0 Å². The van der Waals surface area contributed by atoms with E-state index in [0.29, 0.717) is 0 Å². The monoisotopic (exact) mass is 248 g/mol. The minimum absolute atomic E-state index is 0.486. The van der Waals surface area contributed by atoms with E-state index in [4.69, 9.17) is 0 Å². The molecule has 0 amide bonds.